The summed E-state index contributed by atoms with van der Waals surface area (Å²) < 4.78 is 5.87. The summed E-state index contributed by atoms with van der Waals surface area (Å²) in [5.41, 5.74) is 11.3. The number of hydrogen-bond donors (Lipinski definition) is 1. The van der Waals surface area contributed by atoms with Crippen molar-refractivity contribution in [2.24, 2.45) is 5.73 Å². The number of rotatable bonds is 4. The van der Waals surface area contributed by atoms with Gasteiger partial charge < -0.3 is 15.1 Å². The highest BCUT2D eigenvalue weighted by molar-refractivity contribution is 5.95. The highest BCUT2D eigenvalue weighted by Crippen LogP contribution is 2.30. The van der Waals surface area contributed by atoms with Gasteiger partial charge in [0.05, 0.1) is 0 Å². The smallest absolute Gasteiger partial charge is 0.253 e. The van der Waals surface area contributed by atoms with E-state index in [1.165, 1.54) is 5.56 Å². The lowest BCUT2D eigenvalue weighted by Crippen LogP contribution is -2.37. The Hall–Kier alpha value is -3.15. The van der Waals surface area contributed by atoms with Gasteiger partial charge in [-0.3, -0.25) is 4.79 Å². The Balaban J connectivity index is 0.00000245. The van der Waals surface area contributed by atoms with E-state index in [-0.39, 0.29) is 18.3 Å². The minimum atomic E-state index is 0. The van der Waals surface area contributed by atoms with E-state index in [1.807, 2.05) is 53.4 Å². The van der Waals surface area contributed by atoms with E-state index in [0.29, 0.717) is 23.9 Å². The number of amides is 1. The first-order valence-electron chi connectivity index (χ1n) is 10.8. The predicted molar refractivity (Wildman–Crippen MR) is 129 cm³/mol. The molecule has 1 fully saturated rings. The lowest BCUT2D eigenvalue weighted by atomic mass is 9.88. The van der Waals surface area contributed by atoms with Crippen LogP contribution in [-0.2, 0) is 6.54 Å². The molecule has 164 valence electrons. The number of aromatic nitrogens is 1. The van der Waals surface area contributed by atoms with Crippen LogP contribution in [0, 0.1) is 0 Å². The molecular weight excluding hydrogens is 422 g/mol. The van der Waals surface area contributed by atoms with Gasteiger partial charge in [0.15, 0.2) is 5.58 Å². The third-order valence-electron chi connectivity index (χ3n) is 6.09. The molecule has 0 spiro atoms. The van der Waals surface area contributed by atoms with Crippen molar-refractivity contribution in [1.29, 1.82) is 0 Å². The minimum absolute atomic E-state index is 0. The van der Waals surface area contributed by atoms with E-state index in [4.69, 9.17) is 10.2 Å². The molecule has 1 saturated heterocycles. The van der Waals surface area contributed by atoms with Gasteiger partial charge in [0.1, 0.15) is 5.52 Å². The van der Waals surface area contributed by atoms with Crippen molar-refractivity contribution in [2.45, 2.75) is 25.3 Å². The van der Waals surface area contributed by atoms with Crippen LogP contribution in [0.15, 0.2) is 77.2 Å². The normalized spacial score (nSPS) is 14.3. The minimum Gasteiger partial charge on any atom is -0.436 e. The quantitative estimate of drug-likeness (QED) is 0.455. The summed E-state index contributed by atoms with van der Waals surface area (Å²) >= 11 is 0. The van der Waals surface area contributed by atoms with Gasteiger partial charge in [-0.25, -0.2) is 4.98 Å². The number of benzene rings is 3. The maximum absolute atomic E-state index is 13.2. The molecule has 2 N–H and O–H groups in total. The Labute approximate surface area is 193 Å². The summed E-state index contributed by atoms with van der Waals surface area (Å²) in [6.45, 7) is 2.06. The van der Waals surface area contributed by atoms with Crippen LogP contribution in [0.4, 0.5) is 0 Å². The molecule has 1 amide bonds. The molecule has 5 nitrogen and oxygen atoms in total. The SMILES string of the molecule is Cl.NCc1cccc(C2CCN(C(=O)c3cccc(-c4nc5ccccc5o4)c3)CC2)c1. The van der Waals surface area contributed by atoms with E-state index >= 15 is 0 Å². The van der Waals surface area contributed by atoms with Crippen molar-refractivity contribution in [3.05, 3.63) is 89.5 Å². The fraction of sp³-hybridized carbons (Fsp3) is 0.231. The largest absolute Gasteiger partial charge is 0.436 e. The van der Waals surface area contributed by atoms with E-state index in [1.54, 1.807) is 0 Å². The lowest BCUT2D eigenvalue weighted by Gasteiger charge is -2.32. The predicted octanol–water partition coefficient (Wildman–Crippen LogP) is 5.40. The summed E-state index contributed by atoms with van der Waals surface area (Å²) in [7, 11) is 0. The second kappa shape index (κ2) is 9.55. The second-order valence-electron chi connectivity index (χ2n) is 8.08. The maximum atomic E-state index is 13.2. The summed E-state index contributed by atoms with van der Waals surface area (Å²) in [5.74, 6) is 1.07. The topological polar surface area (TPSA) is 72.4 Å². The van der Waals surface area contributed by atoms with Crippen molar-refractivity contribution in [3.8, 4) is 11.5 Å². The number of oxazole rings is 1. The van der Waals surface area contributed by atoms with Gasteiger partial charge in [-0.05, 0) is 60.2 Å². The highest BCUT2D eigenvalue weighted by atomic mass is 35.5. The number of fused-ring (bicyclic) bond motifs is 1. The van der Waals surface area contributed by atoms with Gasteiger partial charge in [-0.2, -0.15) is 0 Å². The molecule has 6 heteroatoms. The number of para-hydroxylation sites is 2. The Bertz CT molecular complexity index is 1200. The van der Waals surface area contributed by atoms with Crippen molar-refractivity contribution in [1.82, 2.24) is 9.88 Å². The number of halogens is 1. The maximum Gasteiger partial charge on any atom is 0.253 e. The molecular formula is C26H26ClN3O2. The summed E-state index contributed by atoms with van der Waals surface area (Å²) in [5, 5.41) is 0. The van der Waals surface area contributed by atoms with E-state index in [2.05, 4.69) is 29.2 Å². The fourth-order valence-electron chi connectivity index (χ4n) is 4.35. The Morgan fingerprint density at radius 2 is 1.78 bits per heavy atom. The van der Waals surface area contributed by atoms with Crippen molar-refractivity contribution in [3.63, 3.8) is 0 Å². The third-order valence-corrected chi connectivity index (χ3v) is 6.09. The number of piperidine rings is 1. The third kappa shape index (κ3) is 4.40. The first kappa shape index (κ1) is 22.1. The van der Waals surface area contributed by atoms with Crippen molar-refractivity contribution in [2.75, 3.05) is 13.1 Å². The van der Waals surface area contributed by atoms with Crippen LogP contribution in [0.3, 0.4) is 0 Å². The van der Waals surface area contributed by atoms with E-state index < -0.39 is 0 Å². The molecule has 0 bridgehead atoms. The summed E-state index contributed by atoms with van der Waals surface area (Å²) in [6, 6.07) is 23.8. The Morgan fingerprint density at radius 1 is 1.00 bits per heavy atom. The first-order chi connectivity index (χ1) is 15.2. The Morgan fingerprint density at radius 3 is 2.56 bits per heavy atom. The Kier molecular flexibility index (Phi) is 6.58. The molecule has 0 atom stereocenters. The number of nitrogens with zero attached hydrogens (tertiary/aromatic N) is 2. The van der Waals surface area contributed by atoms with Crippen molar-refractivity contribution >= 4 is 29.4 Å². The van der Waals surface area contributed by atoms with Crippen LogP contribution in [0.25, 0.3) is 22.6 Å². The molecule has 0 aliphatic carbocycles. The number of carbonyl (C=O) groups excluding carboxylic acids is 1. The van der Waals surface area contributed by atoms with Gasteiger partial charge in [0.2, 0.25) is 5.89 Å². The van der Waals surface area contributed by atoms with Crippen molar-refractivity contribution < 1.29 is 9.21 Å². The number of carbonyl (C=O) groups is 1. The molecule has 4 aromatic rings. The molecule has 0 saturated carbocycles. The molecule has 0 unspecified atom stereocenters. The van der Waals surface area contributed by atoms with Crippen LogP contribution >= 0.6 is 12.4 Å². The summed E-state index contributed by atoms with van der Waals surface area (Å²) in [6.07, 6.45) is 1.93. The fourth-order valence-corrected chi connectivity index (χ4v) is 4.35. The standard InChI is InChI=1S/C26H25N3O2.ClH/c27-17-18-5-3-6-20(15-18)19-11-13-29(14-12-19)26(30)22-8-4-7-21(16-22)25-28-23-9-1-2-10-24(23)31-25;/h1-10,15-16,19H,11-14,17,27H2;1H. The summed E-state index contributed by atoms with van der Waals surface area (Å²) in [4.78, 5) is 19.7. The average Bonchev–Trinajstić information content (AvgIpc) is 3.28. The van der Waals surface area contributed by atoms with Gasteiger partial charge in [-0.1, -0.05) is 42.5 Å². The van der Waals surface area contributed by atoms with Crippen LogP contribution in [0.5, 0.6) is 0 Å². The van der Waals surface area contributed by atoms with Gasteiger partial charge in [0, 0.05) is 30.8 Å². The lowest BCUT2D eigenvalue weighted by molar-refractivity contribution is 0.0713. The number of likely N-dealkylation sites (tertiary alicyclic amines) is 1. The molecule has 3 aromatic carbocycles. The van der Waals surface area contributed by atoms with Crippen LogP contribution in [-0.4, -0.2) is 28.9 Å². The number of nitrogens with two attached hydrogens (primary N) is 1. The zero-order valence-corrected chi connectivity index (χ0v) is 18.6. The van der Waals surface area contributed by atoms with Gasteiger partial charge >= 0.3 is 0 Å². The first-order valence-corrected chi connectivity index (χ1v) is 10.8. The van der Waals surface area contributed by atoms with Gasteiger partial charge in [0.25, 0.3) is 5.91 Å². The van der Waals surface area contributed by atoms with Crippen LogP contribution in [0.1, 0.15) is 40.2 Å². The zero-order chi connectivity index (χ0) is 21.2. The molecule has 2 heterocycles. The molecule has 0 radical (unpaired) electrons. The average molecular weight is 448 g/mol. The highest BCUT2D eigenvalue weighted by Gasteiger charge is 2.25. The molecule has 1 aliphatic heterocycles. The molecule has 1 aromatic heterocycles. The van der Waals surface area contributed by atoms with Crippen LogP contribution < -0.4 is 5.73 Å². The van der Waals surface area contributed by atoms with Crippen LogP contribution in [0.2, 0.25) is 0 Å². The monoisotopic (exact) mass is 447 g/mol. The second-order valence-corrected chi connectivity index (χ2v) is 8.08. The molecule has 32 heavy (non-hydrogen) atoms. The van der Waals surface area contributed by atoms with E-state index in [0.717, 1.165) is 48.2 Å². The van der Waals surface area contributed by atoms with E-state index in [9.17, 15) is 4.79 Å². The zero-order valence-electron chi connectivity index (χ0n) is 17.7. The molecule has 1 aliphatic rings. The number of hydrogen-bond acceptors (Lipinski definition) is 4. The van der Waals surface area contributed by atoms with Gasteiger partial charge in [-0.15, -0.1) is 12.4 Å². The molecule has 5 rings (SSSR count).